The molecule has 3 aliphatic rings. The highest BCUT2D eigenvalue weighted by Crippen LogP contribution is 2.36. The van der Waals surface area contributed by atoms with Gasteiger partial charge in [-0.3, -0.25) is 14.5 Å². The van der Waals surface area contributed by atoms with Crippen molar-refractivity contribution in [1.82, 2.24) is 15.1 Å². The van der Waals surface area contributed by atoms with Crippen LogP contribution in [0.25, 0.3) is 0 Å². The van der Waals surface area contributed by atoms with Crippen LogP contribution in [-0.4, -0.2) is 72.2 Å². The number of sulfone groups is 1. The Hall–Kier alpha value is -1.64. The third-order valence-electron chi connectivity index (χ3n) is 5.98. The van der Waals surface area contributed by atoms with Gasteiger partial charge in [0.2, 0.25) is 5.91 Å². The van der Waals surface area contributed by atoms with E-state index in [4.69, 9.17) is 0 Å². The molecule has 1 saturated carbocycles. The fraction of sp³-hybridized carbons (Fsp3) is 0.824. The number of likely N-dealkylation sites (N-methyl/N-ethyl adjacent to an activating group) is 1. The van der Waals surface area contributed by atoms with Crippen molar-refractivity contribution in [2.75, 3.05) is 24.6 Å². The predicted molar refractivity (Wildman–Crippen MR) is 95.1 cm³/mol. The molecule has 3 fully saturated rings. The van der Waals surface area contributed by atoms with E-state index in [2.05, 4.69) is 12.2 Å². The molecule has 8 nitrogen and oxygen atoms in total. The van der Waals surface area contributed by atoms with Crippen LogP contribution in [0.3, 0.4) is 0 Å². The van der Waals surface area contributed by atoms with Crippen LogP contribution < -0.4 is 5.32 Å². The number of nitrogens with one attached hydrogen (secondary N) is 1. The molecular formula is C17H27N3O5S. The highest BCUT2D eigenvalue weighted by Gasteiger charge is 2.52. The van der Waals surface area contributed by atoms with Gasteiger partial charge in [-0.25, -0.2) is 13.2 Å². The monoisotopic (exact) mass is 385 g/mol. The summed E-state index contributed by atoms with van der Waals surface area (Å²) in [7, 11) is -3.11. The number of rotatable bonds is 4. The molecule has 1 atom stereocenters. The van der Waals surface area contributed by atoms with Crippen molar-refractivity contribution in [3.63, 3.8) is 0 Å². The van der Waals surface area contributed by atoms with E-state index in [9.17, 15) is 22.8 Å². The topological polar surface area (TPSA) is 104 Å². The highest BCUT2D eigenvalue weighted by atomic mass is 32.2. The van der Waals surface area contributed by atoms with Crippen LogP contribution in [-0.2, 0) is 19.4 Å². The number of imide groups is 1. The average Bonchev–Trinajstić information content (AvgIpc) is 3.04. The minimum Gasteiger partial charge on any atom is -0.337 e. The third kappa shape index (κ3) is 3.45. The van der Waals surface area contributed by atoms with Crippen molar-refractivity contribution in [2.45, 2.75) is 57.5 Å². The van der Waals surface area contributed by atoms with Crippen LogP contribution in [0.2, 0.25) is 0 Å². The first kappa shape index (κ1) is 19.1. The van der Waals surface area contributed by atoms with Gasteiger partial charge in [-0.15, -0.1) is 0 Å². The molecule has 0 bridgehead atoms. The molecule has 2 aliphatic heterocycles. The fourth-order valence-corrected chi connectivity index (χ4v) is 6.03. The Morgan fingerprint density at radius 2 is 1.92 bits per heavy atom. The molecule has 1 aliphatic carbocycles. The molecule has 1 spiro atoms. The Bertz CT molecular complexity index is 712. The van der Waals surface area contributed by atoms with Crippen LogP contribution in [0.15, 0.2) is 0 Å². The summed E-state index contributed by atoms with van der Waals surface area (Å²) in [6.45, 7) is 3.93. The number of amides is 4. The molecule has 0 aromatic heterocycles. The van der Waals surface area contributed by atoms with Gasteiger partial charge in [-0.05, 0) is 44.9 Å². The summed E-state index contributed by atoms with van der Waals surface area (Å²) in [5.74, 6) is -0.140. The second kappa shape index (κ2) is 6.83. The molecule has 3 rings (SSSR count). The zero-order valence-electron chi connectivity index (χ0n) is 15.4. The van der Waals surface area contributed by atoms with Crippen molar-refractivity contribution >= 4 is 27.7 Å². The van der Waals surface area contributed by atoms with Gasteiger partial charge in [0.1, 0.15) is 12.1 Å². The largest absolute Gasteiger partial charge is 0.337 e. The van der Waals surface area contributed by atoms with Gasteiger partial charge in [-0.1, -0.05) is 6.92 Å². The van der Waals surface area contributed by atoms with Gasteiger partial charge >= 0.3 is 6.03 Å². The van der Waals surface area contributed by atoms with Crippen LogP contribution in [0.1, 0.15) is 46.0 Å². The average molecular weight is 385 g/mol. The van der Waals surface area contributed by atoms with Crippen LogP contribution in [0, 0.1) is 5.92 Å². The highest BCUT2D eigenvalue weighted by molar-refractivity contribution is 7.91. The van der Waals surface area contributed by atoms with Gasteiger partial charge in [0.15, 0.2) is 9.84 Å². The minimum atomic E-state index is -3.11. The molecule has 0 radical (unpaired) electrons. The Balaban J connectivity index is 1.68. The molecule has 2 saturated heterocycles. The third-order valence-corrected chi connectivity index (χ3v) is 7.73. The van der Waals surface area contributed by atoms with E-state index in [0.717, 1.165) is 17.7 Å². The van der Waals surface area contributed by atoms with Crippen molar-refractivity contribution in [2.24, 2.45) is 5.92 Å². The summed E-state index contributed by atoms with van der Waals surface area (Å²) in [5, 5.41) is 2.81. The van der Waals surface area contributed by atoms with Crippen molar-refractivity contribution < 1.29 is 22.8 Å². The molecule has 0 aromatic carbocycles. The zero-order chi connectivity index (χ0) is 19.1. The van der Waals surface area contributed by atoms with Crippen LogP contribution in [0.4, 0.5) is 4.79 Å². The lowest BCUT2D eigenvalue weighted by Gasteiger charge is -2.33. The van der Waals surface area contributed by atoms with Gasteiger partial charge in [0.05, 0.1) is 11.5 Å². The quantitative estimate of drug-likeness (QED) is 0.711. The van der Waals surface area contributed by atoms with Crippen molar-refractivity contribution in [3.05, 3.63) is 0 Å². The molecule has 146 valence electrons. The van der Waals surface area contributed by atoms with E-state index in [-0.39, 0.29) is 35.9 Å². The molecule has 0 unspecified atom stereocenters. The maximum atomic E-state index is 12.8. The van der Waals surface area contributed by atoms with Crippen LogP contribution in [0.5, 0.6) is 0 Å². The Labute approximate surface area is 154 Å². The number of hydrogen-bond acceptors (Lipinski definition) is 5. The number of urea groups is 1. The second-order valence-corrected chi connectivity index (χ2v) is 10.1. The van der Waals surface area contributed by atoms with Crippen molar-refractivity contribution in [1.29, 1.82) is 0 Å². The van der Waals surface area contributed by atoms with Gasteiger partial charge in [0.25, 0.3) is 5.91 Å². The standard InChI is InChI=1S/C17H27N3O5S/c1-3-19(13-6-9-26(24,25)11-13)14(21)10-20-15(22)17(18-16(20)23)7-4-12(2)5-8-17/h12-13H,3-11H2,1-2H3,(H,18,23)/t12?,13-,17?/m0/s1. The van der Waals surface area contributed by atoms with E-state index in [1.54, 1.807) is 6.92 Å². The number of nitrogens with zero attached hydrogens (tertiary/aromatic N) is 2. The number of carbonyl (C=O) groups excluding carboxylic acids is 3. The van der Waals surface area contributed by atoms with Gasteiger partial charge in [0, 0.05) is 12.6 Å². The zero-order valence-corrected chi connectivity index (χ0v) is 16.2. The molecule has 26 heavy (non-hydrogen) atoms. The predicted octanol–water partition coefficient (Wildman–Crippen LogP) is 0.523. The molecule has 0 aromatic rings. The van der Waals surface area contributed by atoms with E-state index in [1.807, 2.05) is 0 Å². The Kier molecular flexibility index (Phi) is 5.02. The minimum absolute atomic E-state index is 0.0471. The van der Waals surface area contributed by atoms with Gasteiger partial charge < -0.3 is 10.2 Å². The molecule has 1 N–H and O–H groups in total. The lowest BCUT2D eigenvalue weighted by atomic mass is 9.77. The van der Waals surface area contributed by atoms with E-state index >= 15 is 0 Å². The lowest BCUT2D eigenvalue weighted by molar-refractivity contribution is -0.140. The summed E-state index contributed by atoms with van der Waals surface area (Å²) in [6, 6.07) is -0.893. The first-order valence-corrected chi connectivity index (χ1v) is 11.1. The molecular weight excluding hydrogens is 358 g/mol. The Morgan fingerprint density at radius 1 is 1.27 bits per heavy atom. The molecule has 9 heteroatoms. The summed E-state index contributed by atoms with van der Waals surface area (Å²) >= 11 is 0. The fourth-order valence-electron chi connectivity index (χ4n) is 4.30. The first-order chi connectivity index (χ1) is 12.2. The second-order valence-electron chi connectivity index (χ2n) is 7.82. The maximum absolute atomic E-state index is 12.8. The normalized spacial score (nSPS) is 33.5. The SMILES string of the molecule is CCN(C(=O)CN1C(=O)NC2(CCC(C)CC2)C1=O)[C@H]1CCS(=O)(=O)C1. The number of hydrogen-bond donors (Lipinski definition) is 1. The summed E-state index contributed by atoms with van der Waals surface area (Å²) in [4.78, 5) is 40.4. The molecule has 4 amide bonds. The van der Waals surface area contributed by atoms with E-state index in [0.29, 0.717) is 31.7 Å². The smallest absolute Gasteiger partial charge is 0.325 e. The van der Waals surface area contributed by atoms with Crippen molar-refractivity contribution in [3.8, 4) is 0 Å². The van der Waals surface area contributed by atoms with E-state index in [1.165, 1.54) is 4.90 Å². The first-order valence-electron chi connectivity index (χ1n) is 9.31. The Morgan fingerprint density at radius 3 is 2.46 bits per heavy atom. The lowest BCUT2D eigenvalue weighted by Crippen LogP contribution is -2.50. The van der Waals surface area contributed by atoms with E-state index < -0.39 is 21.4 Å². The van der Waals surface area contributed by atoms with Crippen LogP contribution >= 0.6 is 0 Å². The van der Waals surface area contributed by atoms with Gasteiger partial charge in [-0.2, -0.15) is 0 Å². The maximum Gasteiger partial charge on any atom is 0.325 e. The summed E-state index contributed by atoms with van der Waals surface area (Å²) < 4.78 is 23.4. The number of carbonyl (C=O) groups is 3. The summed E-state index contributed by atoms with van der Waals surface area (Å²) in [6.07, 6.45) is 3.34. The molecule has 2 heterocycles. The summed E-state index contributed by atoms with van der Waals surface area (Å²) in [5.41, 5.74) is -0.863.